The van der Waals surface area contributed by atoms with Crippen molar-refractivity contribution in [3.05, 3.63) is 41.6 Å². The molecule has 2 aromatic heterocycles. The molecule has 0 saturated heterocycles. The van der Waals surface area contributed by atoms with Gasteiger partial charge in [-0.3, -0.25) is 0 Å². The summed E-state index contributed by atoms with van der Waals surface area (Å²) in [5, 5.41) is 0. The van der Waals surface area contributed by atoms with Gasteiger partial charge in [-0.05, 0) is 36.4 Å². The molecular formula is C17H16F3N3S. The van der Waals surface area contributed by atoms with Crippen LogP contribution in [0.15, 0.2) is 35.4 Å². The molecule has 126 valence electrons. The summed E-state index contributed by atoms with van der Waals surface area (Å²) in [5.74, 6) is 1.52. The first-order valence-corrected chi connectivity index (χ1v) is 8.43. The van der Waals surface area contributed by atoms with Crippen molar-refractivity contribution in [1.82, 2.24) is 14.5 Å². The molecule has 3 aromatic rings. The molecule has 0 aliphatic carbocycles. The van der Waals surface area contributed by atoms with Crippen molar-refractivity contribution < 1.29 is 13.2 Å². The number of alkyl halides is 3. The summed E-state index contributed by atoms with van der Waals surface area (Å²) >= 11 is 1.68. The predicted octanol–water partition coefficient (Wildman–Crippen LogP) is 5.07. The van der Waals surface area contributed by atoms with Crippen LogP contribution in [0.4, 0.5) is 13.2 Å². The Morgan fingerprint density at radius 1 is 1.21 bits per heavy atom. The standard InChI is InChI=1S/C17H16F3N3S/c1-4-24-14-7-10(2)5-6-12(14)15-22-13-8-11(17(18,19)20)9-21-16(13)23(15)3/h5-9H,4H2,1-3H3. The first-order valence-electron chi connectivity index (χ1n) is 7.44. The molecule has 1 aromatic carbocycles. The summed E-state index contributed by atoms with van der Waals surface area (Å²) in [6, 6.07) is 7.05. The zero-order valence-corrected chi connectivity index (χ0v) is 14.3. The molecule has 0 N–H and O–H groups in total. The summed E-state index contributed by atoms with van der Waals surface area (Å²) < 4.78 is 40.4. The Kier molecular flexibility index (Phi) is 4.29. The smallest absolute Gasteiger partial charge is 0.312 e. The first-order chi connectivity index (χ1) is 11.3. The number of nitrogens with zero attached hydrogens (tertiary/aromatic N) is 3. The van der Waals surface area contributed by atoms with Crippen LogP contribution < -0.4 is 0 Å². The van der Waals surface area contributed by atoms with E-state index in [1.165, 1.54) is 0 Å². The highest BCUT2D eigenvalue weighted by atomic mass is 32.2. The van der Waals surface area contributed by atoms with E-state index in [1.807, 2.05) is 19.1 Å². The van der Waals surface area contributed by atoms with Crippen LogP contribution in [-0.4, -0.2) is 20.3 Å². The van der Waals surface area contributed by atoms with Crippen LogP contribution in [0.5, 0.6) is 0 Å². The molecule has 0 saturated carbocycles. The molecule has 0 aliphatic rings. The summed E-state index contributed by atoms with van der Waals surface area (Å²) in [6.07, 6.45) is -3.57. The second-order valence-electron chi connectivity index (χ2n) is 5.49. The van der Waals surface area contributed by atoms with Gasteiger partial charge in [0.2, 0.25) is 0 Å². The minimum absolute atomic E-state index is 0.246. The molecule has 0 bridgehead atoms. The van der Waals surface area contributed by atoms with Gasteiger partial charge < -0.3 is 4.57 Å². The van der Waals surface area contributed by atoms with Gasteiger partial charge in [-0.15, -0.1) is 11.8 Å². The Hall–Kier alpha value is -2.02. The molecule has 24 heavy (non-hydrogen) atoms. The summed E-state index contributed by atoms with van der Waals surface area (Å²) in [7, 11) is 1.77. The minimum Gasteiger partial charge on any atom is -0.312 e. The monoisotopic (exact) mass is 351 g/mol. The van der Waals surface area contributed by atoms with Crippen LogP contribution in [0.2, 0.25) is 0 Å². The SMILES string of the molecule is CCSc1cc(C)ccc1-c1nc2cc(C(F)(F)F)cnc2n1C. The maximum Gasteiger partial charge on any atom is 0.417 e. The fourth-order valence-electron chi connectivity index (χ4n) is 2.56. The Morgan fingerprint density at radius 2 is 1.96 bits per heavy atom. The van der Waals surface area contributed by atoms with E-state index in [4.69, 9.17) is 0 Å². The third-order valence-electron chi connectivity index (χ3n) is 3.71. The van der Waals surface area contributed by atoms with Crippen molar-refractivity contribution in [2.75, 3.05) is 5.75 Å². The van der Waals surface area contributed by atoms with E-state index in [2.05, 4.69) is 23.0 Å². The van der Waals surface area contributed by atoms with E-state index in [0.29, 0.717) is 11.5 Å². The lowest BCUT2D eigenvalue weighted by Gasteiger charge is -2.09. The number of benzene rings is 1. The second-order valence-corrected chi connectivity index (χ2v) is 6.80. The lowest BCUT2D eigenvalue weighted by atomic mass is 10.1. The number of rotatable bonds is 3. The number of hydrogen-bond donors (Lipinski definition) is 0. The van der Waals surface area contributed by atoms with Gasteiger partial charge in [0.25, 0.3) is 0 Å². The highest BCUT2D eigenvalue weighted by molar-refractivity contribution is 7.99. The van der Waals surface area contributed by atoms with E-state index in [0.717, 1.165) is 34.0 Å². The largest absolute Gasteiger partial charge is 0.417 e. The van der Waals surface area contributed by atoms with Gasteiger partial charge in [-0.1, -0.05) is 13.0 Å². The Bertz CT molecular complexity index is 900. The number of pyridine rings is 1. The van der Waals surface area contributed by atoms with Gasteiger partial charge in [0.05, 0.1) is 5.56 Å². The van der Waals surface area contributed by atoms with E-state index in [9.17, 15) is 13.2 Å². The number of thioether (sulfide) groups is 1. The van der Waals surface area contributed by atoms with Crippen molar-refractivity contribution in [1.29, 1.82) is 0 Å². The topological polar surface area (TPSA) is 30.7 Å². The molecule has 0 aliphatic heterocycles. The summed E-state index contributed by atoms with van der Waals surface area (Å²) in [5.41, 5.74) is 1.93. The summed E-state index contributed by atoms with van der Waals surface area (Å²) in [4.78, 5) is 9.44. The highest BCUT2D eigenvalue weighted by Gasteiger charge is 2.31. The fraction of sp³-hybridized carbons (Fsp3) is 0.294. The van der Waals surface area contributed by atoms with Crippen LogP contribution in [0.1, 0.15) is 18.1 Å². The number of hydrogen-bond acceptors (Lipinski definition) is 3. The molecule has 0 radical (unpaired) electrons. The maximum atomic E-state index is 12.9. The average Bonchev–Trinajstić information content (AvgIpc) is 2.83. The normalized spacial score (nSPS) is 12.1. The highest BCUT2D eigenvalue weighted by Crippen LogP contribution is 2.34. The summed E-state index contributed by atoms with van der Waals surface area (Å²) in [6.45, 7) is 4.07. The van der Waals surface area contributed by atoms with E-state index in [1.54, 1.807) is 23.4 Å². The molecule has 7 heteroatoms. The van der Waals surface area contributed by atoms with Crippen molar-refractivity contribution in [3.63, 3.8) is 0 Å². The number of fused-ring (bicyclic) bond motifs is 1. The number of aryl methyl sites for hydroxylation is 2. The molecule has 3 rings (SSSR count). The molecule has 0 spiro atoms. The van der Waals surface area contributed by atoms with Crippen LogP contribution in [-0.2, 0) is 13.2 Å². The van der Waals surface area contributed by atoms with Crippen LogP contribution in [0.25, 0.3) is 22.6 Å². The van der Waals surface area contributed by atoms with Crippen molar-refractivity contribution in [2.24, 2.45) is 7.05 Å². The zero-order chi connectivity index (χ0) is 17.5. The Balaban J connectivity index is 2.19. The molecule has 3 nitrogen and oxygen atoms in total. The molecule has 0 fully saturated rings. The van der Waals surface area contributed by atoms with Crippen molar-refractivity contribution >= 4 is 22.9 Å². The predicted molar refractivity (Wildman–Crippen MR) is 90.1 cm³/mol. The van der Waals surface area contributed by atoms with Crippen molar-refractivity contribution in [2.45, 2.75) is 24.9 Å². The maximum absolute atomic E-state index is 12.9. The molecule has 2 heterocycles. The zero-order valence-electron chi connectivity index (χ0n) is 13.5. The lowest BCUT2D eigenvalue weighted by Crippen LogP contribution is -2.05. The lowest BCUT2D eigenvalue weighted by molar-refractivity contribution is -0.137. The Labute approximate surface area is 141 Å². The average molecular weight is 351 g/mol. The number of aromatic nitrogens is 3. The molecule has 0 amide bonds. The van der Waals surface area contributed by atoms with Gasteiger partial charge in [0.15, 0.2) is 5.65 Å². The molecular weight excluding hydrogens is 335 g/mol. The van der Waals surface area contributed by atoms with Crippen LogP contribution in [0, 0.1) is 6.92 Å². The quantitative estimate of drug-likeness (QED) is 0.617. The van der Waals surface area contributed by atoms with Gasteiger partial charge in [-0.2, -0.15) is 13.2 Å². The molecule has 0 unspecified atom stereocenters. The minimum atomic E-state index is -4.42. The van der Waals surface area contributed by atoms with Crippen molar-refractivity contribution in [3.8, 4) is 11.4 Å². The van der Waals surface area contributed by atoms with Gasteiger partial charge in [0, 0.05) is 23.7 Å². The second kappa shape index (κ2) is 6.12. The van der Waals surface area contributed by atoms with E-state index < -0.39 is 11.7 Å². The number of halogens is 3. The Morgan fingerprint density at radius 3 is 2.62 bits per heavy atom. The van der Waals surface area contributed by atoms with E-state index in [-0.39, 0.29) is 5.52 Å². The molecule has 0 atom stereocenters. The fourth-order valence-corrected chi connectivity index (χ4v) is 3.46. The van der Waals surface area contributed by atoms with E-state index >= 15 is 0 Å². The first kappa shape index (κ1) is 16.8. The van der Waals surface area contributed by atoms with Gasteiger partial charge >= 0.3 is 6.18 Å². The van der Waals surface area contributed by atoms with Crippen LogP contribution >= 0.6 is 11.8 Å². The third-order valence-corrected chi connectivity index (χ3v) is 4.65. The van der Waals surface area contributed by atoms with Crippen LogP contribution in [0.3, 0.4) is 0 Å². The third kappa shape index (κ3) is 3.00. The number of imidazole rings is 1. The van der Waals surface area contributed by atoms with Gasteiger partial charge in [-0.25, -0.2) is 9.97 Å². The van der Waals surface area contributed by atoms with Gasteiger partial charge in [0.1, 0.15) is 11.3 Å².